The minimum atomic E-state index is -0.396. The summed E-state index contributed by atoms with van der Waals surface area (Å²) >= 11 is 0. The number of hydrogen-bond donors (Lipinski definition) is 1. The van der Waals surface area contributed by atoms with Gasteiger partial charge in [-0.15, -0.1) is 0 Å². The number of allylic oxidation sites excluding steroid dienone is 1. The predicted molar refractivity (Wildman–Crippen MR) is 135 cm³/mol. The molecule has 1 N–H and O–H groups in total. The van der Waals surface area contributed by atoms with Gasteiger partial charge in [-0.3, -0.25) is 9.59 Å². The molecule has 0 aliphatic heterocycles. The van der Waals surface area contributed by atoms with Crippen molar-refractivity contribution < 1.29 is 23.9 Å². The molecule has 1 atom stereocenters. The van der Waals surface area contributed by atoms with E-state index in [9.17, 15) is 14.4 Å². The second-order valence-electron chi connectivity index (χ2n) is 7.98. The molecule has 1 aromatic rings. The maximum Gasteiger partial charge on any atom is 0.407 e. The Labute approximate surface area is 201 Å². The number of ketones is 1. The predicted octanol–water partition coefficient (Wildman–Crippen LogP) is 6.49. The molecule has 0 radical (unpaired) electrons. The highest BCUT2D eigenvalue weighted by Gasteiger charge is 2.07. The number of alkyl carbamates (subject to hydrolysis) is 1. The van der Waals surface area contributed by atoms with Crippen molar-refractivity contribution in [2.75, 3.05) is 13.2 Å². The van der Waals surface area contributed by atoms with E-state index < -0.39 is 6.09 Å². The van der Waals surface area contributed by atoms with Crippen LogP contribution in [0.15, 0.2) is 42.5 Å². The summed E-state index contributed by atoms with van der Waals surface area (Å²) in [6.45, 7) is 18.4. The highest BCUT2D eigenvalue weighted by molar-refractivity contribution is 5.92. The lowest BCUT2D eigenvalue weighted by molar-refractivity contribution is -0.142. The molecule has 1 unspecified atom stereocenters. The number of rotatable bonds is 12. The number of Topliss-reactive ketones (excluding diaryl/α,β-unsaturated/α-hetero) is 1. The van der Waals surface area contributed by atoms with Gasteiger partial charge in [-0.05, 0) is 49.2 Å². The van der Waals surface area contributed by atoms with Crippen LogP contribution in [0, 0.1) is 11.8 Å². The largest absolute Gasteiger partial charge is 0.466 e. The smallest absolute Gasteiger partial charge is 0.407 e. The third-order valence-corrected chi connectivity index (χ3v) is 4.82. The normalized spacial score (nSPS) is 10.5. The van der Waals surface area contributed by atoms with Crippen LogP contribution in [0.3, 0.4) is 0 Å². The molecule has 0 aliphatic rings. The monoisotopic (exact) mass is 463 g/mol. The van der Waals surface area contributed by atoms with Crippen molar-refractivity contribution >= 4 is 17.8 Å². The summed E-state index contributed by atoms with van der Waals surface area (Å²) in [7, 11) is 0. The number of carbonyl (C=O) groups is 3. The van der Waals surface area contributed by atoms with E-state index in [1.165, 1.54) is 13.8 Å². The van der Waals surface area contributed by atoms with Gasteiger partial charge in [-0.1, -0.05) is 78.0 Å². The first-order chi connectivity index (χ1) is 15.6. The fourth-order valence-corrected chi connectivity index (χ4v) is 2.22. The molecule has 1 rings (SSSR count). The fraction of sp³-hybridized carbons (Fsp3) is 0.593. The third kappa shape index (κ3) is 21.0. The molecule has 0 heterocycles. The highest BCUT2D eigenvalue weighted by Crippen LogP contribution is 2.09. The molecule has 1 amide bonds. The Morgan fingerprint density at radius 1 is 0.939 bits per heavy atom. The Kier molecular flexibility index (Phi) is 20.9. The van der Waals surface area contributed by atoms with Crippen LogP contribution in [0.4, 0.5) is 4.79 Å². The van der Waals surface area contributed by atoms with Crippen LogP contribution in [0.1, 0.15) is 79.7 Å². The number of unbranched alkanes of at least 4 members (excludes halogenated alkanes) is 2. The van der Waals surface area contributed by atoms with Gasteiger partial charge in [0.2, 0.25) is 0 Å². The maximum atomic E-state index is 11.5. The Morgan fingerprint density at radius 3 is 2.06 bits per heavy atom. The molecule has 188 valence electrons. The topological polar surface area (TPSA) is 81.7 Å². The van der Waals surface area contributed by atoms with Crippen molar-refractivity contribution in [1.29, 1.82) is 0 Å². The number of nitrogens with one attached hydrogen (secondary N) is 1. The first kappa shape index (κ1) is 32.5. The highest BCUT2D eigenvalue weighted by atomic mass is 16.5. The second-order valence-corrected chi connectivity index (χ2v) is 7.98. The lowest BCUT2D eigenvalue weighted by Gasteiger charge is -2.14. The van der Waals surface area contributed by atoms with Crippen molar-refractivity contribution in [2.24, 2.45) is 11.8 Å². The molecule has 33 heavy (non-hydrogen) atoms. The van der Waals surface area contributed by atoms with Crippen LogP contribution < -0.4 is 5.32 Å². The summed E-state index contributed by atoms with van der Waals surface area (Å²) in [5.41, 5.74) is 1.64. The second kappa shape index (κ2) is 21.2. The molecule has 0 fully saturated rings. The van der Waals surface area contributed by atoms with Crippen LogP contribution in [-0.4, -0.2) is 31.0 Å². The summed E-state index contributed by atoms with van der Waals surface area (Å²) < 4.78 is 9.92. The summed E-state index contributed by atoms with van der Waals surface area (Å²) in [6, 6.07) is 9.56. The van der Waals surface area contributed by atoms with Crippen molar-refractivity contribution in [3.63, 3.8) is 0 Å². The molecule has 0 saturated heterocycles. The SMILES string of the molecule is C=C(CCCCCNC(=O)OCc1ccccc1)C(C)=O.CC.CC(=O)OCC(C)C(C)C. The van der Waals surface area contributed by atoms with E-state index in [1.54, 1.807) is 0 Å². The van der Waals surface area contributed by atoms with Crippen molar-refractivity contribution in [3.05, 3.63) is 48.0 Å². The van der Waals surface area contributed by atoms with E-state index in [2.05, 4.69) is 32.7 Å². The maximum absolute atomic E-state index is 11.5. The summed E-state index contributed by atoms with van der Waals surface area (Å²) in [5, 5.41) is 2.71. The molecule has 0 saturated carbocycles. The number of carbonyl (C=O) groups excluding carboxylic acids is 3. The zero-order valence-corrected chi connectivity index (χ0v) is 21.7. The minimum Gasteiger partial charge on any atom is -0.466 e. The molecule has 0 aliphatic carbocycles. The van der Waals surface area contributed by atoms with Crippen LogP contribution in [0.2, 0.25) is 0 Å². The number of benzene rings is 1. The lowest BCUT2D eigenvalue weighted by atomic mass is 9.99. The van der Waals surface area contributed by atoms with Gasteiger partial charge in [0.15, 0.2) is 5.78 Å². The van der Waals surface area contributed by atoms with E-state index in [0.717, 1.165) is 31.2 Å². The van der Waals surface area contributed by atoms with Crippen molar-refractivity contribution in [3.8, 4) is 0 Å². The van der Waals surface area contributed by atoms with Gasteiger partial charge in [-0.25, -0.2) is 4.79 Å². The van der Waals surface area contributed by atoms with E-state index in [-0.39, 0.29) is 18.4 Å². The Balaban J connectivity index is 0. The van der Waals surface area contributed by atoms with Gasteiger partial charge in [0.05, 0.1) is 6.61 Å². The number of esters is 1. The molecule has 0 bridgehead atoms. The first-order valence-electron chi connectivity index (χ1n) is 11.9. The van der Waals surface area contributed by atoms with Gasteiger partial charge in [0.1, 0.15) is 6.61 Å². The van der Waals surface area contributed by atoms with Gasteiger partial charge >= 0.3 is 12.1 Å². The molecule has 0 spiro atoms. The molecule has 6 heteroatoms. The van der Waals surface area contributed by atoms with Crippen LogP contribution in [-0.2, 0) is 25.7 Å². The van der Waals surface area contributed by atoms with E-state index in [0.29, 0.717) is 30.6 Å². The van der Waals surface area contributed by atoms with Gasteiger partial charge in [0.25, 0.3) is 0 Å². The van der Waals surface area contributed by atoms with Gasteiger partial charge in [-0.2, -0.15) is 0 Å². The summed E-state index contributed by atoms with van der Waals surface area (Å²) in [4.78, 5) is 32.8. The number of ether oxygens (including phenoxy) is 2. The van der Waals surface area contributed by atoms with Crippen molar-refractivity contribution in [1.82, 2.24) is 5.32 Å². The Bertz CT molecular complexity index is 670. The lowest BCUT2D eigenvalue weighted by Crippen LogP contribution is -2.25. The summed E-state index contributed by atoms with van der Waals surface area (Å²) in [6.07, 6.45) is 3.07. The first-order valence-corrected chi connectivity index (χ1v) is 11.9. The van der Waals surface area contributed by atoms with E-state index >= 15 is 0 Å². The van der Waals surface area contributed by atoms with E-state index in [4.69, 9.17) is 9.47 Å². The van der Waals surface area contributed by atoms with Crippen molar-refractivity contribution in [2.45, 2.75) is 80.8 Å². The minimum absolute atomic E-state index is 0.0533. The summed E-state index contributed by atoms with van der Waals surface area (Å²) in [5.74, 6) is 0.911. The zero-order valence-electron chi connectivity index (χ0n) is 21.7. The third-order valence-electron chi connectivity index (χ3n) is 4.82. The molecule has 6 nitrogen and oxygen atoms in total. The van der Waals surface area contributed by atoms with Crippen LogP contribution in [0.25, 0.3) is 0 Å². The average Bonchev–Trinajstić information content (AvgIpc) is 2.80. The van der Waals surface area contributed by atoms with E-state index in [1.807, 2.05) is 44.2 Å². The van der Waals surface area contributed by atoms with Gasteiger partial charge in [0, 0.05) is 13.5 Å². The standard InChI is InChI=1S/C17H23NO3.C8H16O2.C2H6/c1-14(15(2)19)9-5-4-8-12-18-17(20)21-13-16-10-6-3-7-11-16;1-6(2)7(3)5-10-8(4)9;1-2/h3,6-7,10-11H,1,4-5,8-9,12-13H2,2H3,(H,18,20);6-7H,5H2,1-4H3;1-2H3. The number of amides is 1. The Morgan fingerprint density at radius 2 is 1.55 bits per heavy atom. The zero-order chi connectivity index (χ0) is 25.6. The molecule has 1 aromatic carbocycles. The number of hydrogen-bond acceptors (Lipinski definition) is 5. The molecule has 0 aromatic heterocycles. The quantitative estimate of drug-likeness (QED) is 0.218. The molecular weight excluding hydrogens is 418 g/mol. The Hall–Kier alpha value is -2.63. The fourth-order valence-electron chi connectivity index (χ4n) is 2.22. The van der Waals surface area contributed by atoms with Gasteiger partial charge < -0.3 is 14.8 Å². The van der Waals surface area contributed by atoms with Crippen LogP contribution >= 0.6 is 0 Å². The van der Waals surface area contributed by atoms with Crippen LogP contribution in [0.5, 0.6) is 0 Å². The molecular formula is C27H45NO5. The average molecular weight is 464 g/mol.